The van der Waals surface area contributed by atoms with Crippen LogP contribution in [0, 0.1) is 24.1 Å². The zero-order chi connectivity index (χ0) is 20.6. The van der Waals surface area contributed by atoms with Crippen molar-refractivity contribution in [2.45, 2.75) is 11.8 Å². The Morgan fingerprint density at radius 2 is 1.76 bits per heavy atom. The van der Waals surface area contributed by atoms with Crippen molar-refractivity contribution in [1.82, 2.24) is 0 Å². The number of benzene rings is 3. The van der Waals surface area contributed by atoms with Crippen molar-refractivity contribution < 1.29 is 17.5 Å². The van der Waals surface area contributed by atoms with Crippen molar-refractivity contribution in [3.63, 3.8) is 0 Å². The summed E-state index contributed by atoms with van der Waals surface area (Å²) in [5.41, 5.74) is 2.96. The second-order valence-electron chi connectivity index (χ2n) is 6.71. The first-order valence-electron chi connectivity index (χ1n) is 8.96. The summed E-state index contributed by atoms with van der Waals surface area (Å²) >= 11 is 0. The van der Waals surface area contributed by atoms with Crippen molar-refractivity contribution in [2.24, 2.45) is 0 Å². The number of nitriles is 1. The number of anilines is 1. The summed E-state index contributed by atoms with van der Waals surface area (Å²) in [6.45, 7) is 1.91. The maximum Gasteiger partial charge on any atom is 0.264 e. The van der Waals surface area contributed by atoms with E-state index in [1.54, 1.807) is 43.3 Å². The monoisotopic (exact) mass is 408 g/mol. The van der Waals surface area contributed by atoms with Crippen molar-refractivity contribution in [2.75, 3.05) is 17.5 Å². The Bertz CT molecular complexity index is 1230. The second kappa shape index (κ2) is 7.22. The molecule has 0 amide bonds. The molecule has 7 heteroatoms. The number of aryl methyl sites for hydroxylation is 1. The third-order valence-electron chi connectivity index (χ3n) is 4.86. The summed E-state index contributed by atoms with van der Waals surface area (Å²) in [4.78, 5) is -0.0998. The Hall–Kier alpha value is -3.37. The van der Waals surface area contributed by atoms with Crippen LogP contribution in [-0.2, 0) is 10.0 Å². The van der Waals surface area contributed by atoms with Gasteiger partial charge in [-0.05, 0) is 60.0 Å². The number of fused-ring (bicyclic) bond motifs is 1. The average molecular weight is 408 g/mol. The molecule has 1 aliphatic heterocycles. The molecular formula is C22H17FN2O3S. The van der Waals surface area contributed by atoms with Crippen LogP contribution in [0.4, 0.5) is 10.1 Å². The van der Waals surface area contributed by atoms with Gasteiger partial charge in [-0.25, -0.2) is 12.8 Å². The standard InChI is InChI=1S/C22H17FN2O3S/c1-15-2-8-19(13-20(15)23)29(26,27)25-10-11-28-22-9-7-18(12-21(22)25)17-5-3-16(14-24)4-6-17/h2-9,12-13H,10-11H2,1H3. The first-order chi connectivity index (χ1) is 13.9. The average Bonchev–Trinajstić information content (AvgIpc) is 2.74. The van der Waals surface area contributed by atoms with Gasteiger partial charge in [0.05, 0.1) is 28.8 Å². The topological polar surface area (TPSA) is 70.4 Å². The molecule has 5 nitrogen and oxygen atoms in total. The smallest absolute Gasteiger partial charge is 0.264 e. The lowest BCUT2D eigenvalue weighted by atomic mass is 10.0. The van der Waals surface area contributed by atoms with Crippen LogP contribution in [0.2, 0.25) is 0 Å². The second-order valence-corrected chi connectivity index (χ2v) is 8.57. The van der Waals surface area contributed by atoms with Gasteiger partial charge < -0.3 is 4.74 Å². The molecule has 3 aromatic carbocycles. The first-order valence-corrected chi connectivity index (χ1v) is 10.4. The molecule has 0 saturated heterocycles. The highest BCUT2D eigenvalue weighted by molar-refractivity contribution is 7.92. The molecule has 1 heterocycles. The highest BCUT2D eigenvalue weighted by Crippen LogP contribution is 2.38. The van der Waals surface area contributed by atoms with Crippen LogP contribution >= 0.6 is 0 Å². The van der Waals surface area contributed by atoms with E-state index in [1.807, 2.05) is 6.07 Å². The molecule has 0 unspecified atom stereocenters. The summed E-state index contributed by atoms with van der Waals surface area (Å²) in [6.07, 6.45) is 0. The lowest BCUT2D eigenvalue weighted by Gasteiger charge is -2.31. The minimum atomic E-state index is -3.95. The molecule has 0 saturated carbocycles. The minimum absolute atomic E-state index is 0.0998. The van der Waals surface area contributed by atoms with E-state index < -0.39 is 15.8 Å². The quantitative estimate of drug-likeness (QED) is 0.649. The molecule has 0 aliphatic carbocycles. The van der Waals surface area contributed by atoms with E-state index in [0.29, 0.717) is 22.6 Å². The van der Waals surface area contributed by atoms with Gasteiger partial charge in [0.25, 0.3) is 10.0 Å². The van der Waals surface area contributed by atoms with E-state index >= 15 is 0 Å². The van der Waals surface area contributed by atoms with Crippen LogP contribution in [0.1, 0.15) is 11.1 Å². The van der Waals surface area contributed by atoms with Gasteiger partial charge in [0.2, 0.25) is 0 Å². The minimum Gasteiger partial charge on any atom is -0.489 e. The van der Waals surface area contributed by atoms with Gasteiger partial charge in [-0.15, -0.1) is 0 Å². The van der Waals surface area contributed by atoms with Crippen LogP contribution < -0.4 is 9.04 Å². The summed E-state index contributed by atoms with van der Waals surface area (Å²) in [6, 6.07) is 18.3. The Balaban J connectivity index is 1.78. The Kier molecular flexibility index (Phi) is 4.73. The van der Waals surface area contributed by atoms with E-state index in [2.05, 4.69) is 6.07 Å². The zero-order valence-electron chi connectivity index (χ0n) is 15.6. The van der Waals surface area contributed by atoms with Gasteiger partial charge in [0.1, 0.15) is 18.2 Å². The van der Waals surface area contributed by atoms with Crippen LogP contribution in [0.25, 0.3) is 11.1 Å². The molecule has 0 fully saturated rings. The van der Waals surface area contributed by atoms with Gasteiger partial charge in [0, 0.05) is 0 Å². The van der Waals surface area contributed by atoms with Crippen molar-refractivity contribution >= 4 is 15.7 Å². The molecule has 1 aliphatic rings. The lowest BCUT2D eigenvalue weighted by Crippen LogP contribution is -2.38. The molecule has 0 N–H and O–H groups in total. The van der Waals surface area contributed by atoms with E-state index in [9.17, 15) is 12.8 Å². The maximum atomic E-state index is 14.0. The number of nitrogens with zero attached hydrogens (tertiary/aromatic N) is 2. The molecule has 0 atom stereocenters. The summed E-state index contributed by atoms with van der Waals surface area (Å²) in [5, 5.41) is 8.96. The van der Waals surface area contributed by atoms with Gasteiger partial charge >= 0.3 is 0 Å². The molecule has 0 radical (unpaired) electrons. The van der Waals surface area contributed by atoms with E-state index in [1.165, 1.54) is 16.4 Å². The van der Waals surface area contributed by atoms with E-state index in [0.717, 1.165) is 17.2 Å². The molecule has 29 heavy (non-hydrogen) atoms. The number of hydrogen-bond acceptors (Lipinski definition) is 4. The van der Waals surface area contributed by atoms with Gasteiger partial charge in [0.15, 0.2) is 0 Å². The maximum absolute atomic E-state index is 14.0. The normalized spacial score (nSPS) is 13.3. The van der Waals surface area contributed by atoms with Crippen molar-refractivity contribution in [3.8, 4) is 22.9 Å². The fourth-order valence-electron chi connectivity index (χ4n) is 3.22. The van der Waals surface area contributed by atoms with Crippen LogP contribution in [0.3, 0.4) is 0 Å². The van der Waals surface area contributed by atoms with Crippen molar-refractivity contribution in [3.05, 3.63) is 77.6 Å². The third kappa shape index (κ3) is 3.43. The zero-order valence-corrected chi connectivity index (χ0v) is 16.4. The third-order valence-corrected chi connectivity index (χ3v) is 6.67. The molecule has 3 aromatic rings. The van der Waals surface area contributed by atoms with Crippen LogP contribution in [-0.4, -0.2) is 21.6 Å². The molecule has 0 spiro atoms. The summed E-state index contributed by atoms with van der Waals surface area (Å²) < 4.78 is 47.3. The Labute approximate surface area is 168 Å². The van der Waals surface area contributed by atoms with E-state index in [-0.39, 0.29) is 18.0 Å². The summed E-state index contributed by atoms with van der Waals surface area (Å²) in [7, 11) is -3.95. The SMILES string of the molecule is Cc1ccc(S(=O)(=O)N2CCOc3ccc(-c4ccc(C#N)cc4)cc32)cc1F. The van der Waals surface area contributed by atoms with Gasteiger partial charge in [-0.2, -0.15) is 5.26 Å². The number of halogens is 1. The molecule has 146 valence electrons. The van der Waals surface area contributed by atoms with Crippen LogP contribution in [0.15, 0.2) is 65.6 Å². The largest absolute Gasteiger partial charge is 0.489 e. The van der Waals surface area contributed by atoms with Crippen molar-refractivity contribution in [1.29, 1.82) is 5.26 Å². The van der Waals surface area contributed by atoms with E-state index in [4.69, 9.17) is 10.00 Å². The Morgan fingerprint density at radius 3 is 2.45 bits per heavy atom. The molecule has 0 bridgehead atoms. The van der Waals surface area contributed by atoms with Crippen LogP contribution in [0.5, 0.6) is 5.75 Å². The number of sulfonamides is 1. The fraction of sp³-hybridized carbons (Fsp3) is 0.136. The predicted molar refractivity (Wildman–Crippen MR) is 108 cm³/mol. The highest BCUT2D eigenvalue weighted by Gasteiger charge is 2.31. The summed E-state index contributed by atoms with van der Waals surface area (Å²) in [5.74, 6) is -0.115. The lowest BCUT2D eigenvalue weighted by molar-refractivity contribution is 0.316. The number of rotatable bonds is 3. The molecular weight excluding hydrogens is 391 g/mol. The number of ether oxygens (including phenoxy) is 1. The molecule has 4 rings (SSSR count). The fourth-order valence-corrected chi connectivity index (χ4v) is 4.68. The Morgan fingerprint density at radius 1 is 1.03 bits per heavy atom. The van der Waals surface area contributed by atoms with Gasteiger partial charge in [-0.1, -0.05) is 24.3 Å². The highest BCUT2D eigenvalue weighted by atomic mass is 32.2. The number of hydrogen-bond donors (Lipinski definition) is 0. The predicted octanol–water partition coefficient (Wildman–Crippen LogP) is 4.26. The van der Waals surface area contributed by atoms with Gasteiger partial charge in [-0.3, -0.25) is 4.31 Å². The molecule has 0 aromatic heterocycles. The first kappa shape index (κ1) is 19.0.